The number of nitrogens with zero attached hydrogens (tertiary/aromatic N) is 1. The van der Waals surface area contributed by atoms with E-state index in [2.05, 4.69) is 49.8 Å². The average molecular weight is 411 g/mol. The highest BCUT2D eigenvalue weighted by molar-refractivity contribution is 9.11. The largest absolute Gasteiger partial charge is 0.493 e. The van der Waals surface area contributed by atoms with Crippen LogP contribution in [0.15, 0.2) is 56.4 Å². The van der Waals surface area contributed by atoms with Gasteiger partial charge in [-0.3, -0.25) is 4.99 Å². The summed E-state index contributed by atoms with van der Waals surface area (Å²) in [5, 5.41) is 0. The molecule has 0 amide bonds. The molecule has 0 aliphatic rings. The van der Waals surface area contributed by atoms with Gasteiger partial charge in [-0.15, -0.1) is 0 Å². The summed E-state index contributed by atoms with van der Waals surface area (Å²) in [6.07, 6.45) is 1.88. The molecule has 1 atom stereocenters. The van der Waals surface area contributed by atoms with E-state index in [0.29, 0.717) is 6.61 Å². The first-order chi connectivity index (χ1) is 10.1. The topological polar surface area (TPSA) is 21.6 Å². The number of benzene rings is 2. The minimum atomic E-state index is 0.0714. The molecule has 0 saturated carbocycles. The van der Waals surface area contributed by atoms with Gasteiger partial charge in [0, 0.05) is 20.7 Å². The molecular weight excluding hydrogens is 394 g/mol. The van der Waals surface area contributed by atoms with E-state index in [4.69, 9.17) is 4.74 Å². The summed E-state index contributed by atoms with van der Waals surface area (Å²) in [5.41, 5.74) is 2.16. The van der Waals surface area contributed by atoms with E-state index in [1.807, 2.05) is 49.5 Å². The van der Waals surface area contributed by atoms with Crippen LogP contribution in [0.1, 0.15) is 31.0 Å². The van der Waals surface area contributed by atoms with Crippen molar-refractivity contribution in [3.63, 3.8) is 0 Å². The van der Waals surface area contributed by atoms with Crippen molar-refractivity contribution in [2.24, 2.45) is 4.99 Å². The highest BCUT2D eigenvalue weighted by Gasteiger charge is 2.08. The average Bonchev–Trinajstić information content (AvgIpc) is 2.46. The van der Waals surface area contributed by atoms with Crippen LogP contribution in [0, 0.1) is 0 Å². The molecule has 0 spiro atoms. The Bertz CT molecular complexity index is 640. The zero-order valence-corrected chi connectivity index (χ0v) is 15.2. The lowest BCUT2D eigenvalue weighted by Gasteiger charge is -2.10. The van der Waals surface area contributed by atoms with Gasteiger partial charge in [0.2, 0.25) is 0 Å². The Morgan fingerprint density at radius 3 is 2.67 bits per heavy atom. The fraction of sp³-hybridized carbons (Fsp3) is 0.235. The van der Waals surface area contributed by atoms with Gasteiger partial charge in [-0.25, -0.2) is 0 Å². The summed E-state index contributed by atoms with van der Waals surface area (Å²) in [7, 11) is 0. The second-order valence-corrected chi connectivity index (χ2v) is 6.36. The van der Waals surface area contributed by atoms with Crippen LogP contribution >= 0.6 is 31.9 Å². The first kappa shape index (κ1) is 16.2. The van der Waals surface area contributed by atoms with Crippen molar-refractivity contribution in [2.75, 3.05) is 6.61 Å². The van der Waals surface area contributed by atoms with Crippen LogP contribution in [0.3, 0.4) is 0 Å². The minimum Gasteiger partial charge on any atom is -0.493 e. The molecule has 0 bridgehead atoms. The van der Waals surface area contributed by atoms with Crippen LogP contribution in [0.5, 0.6) is 5.75 Å². The monoisotopic (exact) mass is 409 g/mol. The Hall–Kier alpha value is -1.13. The molecule has 0 aliphatic heterocycles. The molecular formula is C17H17Br2NO. The molecule has 2 aromatic rings. The predicted octanol–water partition coefficient (Wildman–Crippen LogP) is 5.79. The number of rotatable bonds is 5. The Kier molecular flexibility index (Phi) is 6.00. The standard InChI is InChI=1S/C17H17Br2NO/c1-3-21-17-7-5-4-6-13(17)11-20-12(2)15-9-8-14(18)10-16(15)19/h4-12H,3H2,1-2H3. The number of para-hydroxylation sites is 1. The quantitative estimate of drug-likeness (QED) is 0.571. The molecule has 4 heteroatoms. The van der Waals surface area contributed by atoms with E-state index in [1.54, 1.807) is 0 Å². The second-order valence-electron chi connectivity index (χ2n) is 4.59. The number of halogens is 2. The lowest BCUT2D eigenvalue weighted by atomic mass is 10.1. The van der Waals surface area contributed by atoms with Gasteiger partial charge in [0.05, 0.1) is 12.6 Å². The maximum absolute atomic E-state index is 5.61. The maximum atomic E-state index is 5.61. The number of aliphatic imine (C=N–C) groups is 1. The molecule has 2 aromatic carbocycles. The lowest BCUT2D eigenvalue weighted by molar-refractivity contribution is 0.340. The molecule has 110 valence electrons. The van der Waals surface area contributed by atoms with E-state index in [-0.39, 0.29) is 6.04 Å². The van der Waals surface area contributed by atoms with Crippen molar-refractivity contribution in [1.82, 2.24) is 0 Å². The van der Waals surface area contributed by atoms with Gasteiger partial charge in [-0.1, -0.05) is 50.1 Å². The first-order valence-electron chi connectivity index (χ1n) is 6.81. The molecule has 0 aromatic heterocycles. The van der Waals surface area contributed by atoms with Crippen molar-refractivity contribution < 1.29 is 4.74 Å². The van der Waals surface area contributed by atoms with Gasteiger partial charge in [-0.05, 0) is 43.7 Å². The van der Waals surface area contributed by atoms with Crippen molar-refractivity contribution in [3.05, 3.63) is 62.5 Å². The molecule has 0 fully saturated rings. The molecule has 0 heterocycles. The van der Waals surface area contributed by atoms with Gasteiger partial charge < -0.3 is 4.74 Å². The molecule has 2 nitrogen and oxygen atoms in total. The van der Waals surface area contributed by atoms with Crippen LogP contribution in [0.25, 0.3) is 0 Å². The summed E-state index contributed by atoms with van der Waals surface area (Å²) in [6.45, 7) is 4.71. The van der Waals surface area contributed by atoms with Gasteiger partial charge in [-0.2, -0.15) is 0 Å². The van der Waals surface area contributed by atoms with Gasteiger partial charge in [0.25, 0.3) is 0 Å². The fourth-order valence-corrected chi connectivity index (χ4v) is 3.37. The van der Waals surface area contributed by atoms with E-state index in [1.165, 1.54) is 0 Å². The third kappa shape index (κ3) is 4.42. The molecule has 0 radical (unpaired) electrons. The normalized spacial score (nSPS) is 12.6. The molecule has 0 saturated heterocycles. The van der Waals surface area contributed by atoms with Crippen LogP contribution < -0.4 is 4.74 Å². The van der Waals surface area contributed by atoms with Crippen molar-refractivity contribution in [3.8, 4) is 5.75 Å². The lowest BCUT2D eigenvalue weighted by Crippen LogP contribution is -1.97. The van der Waals surface area contributed by atoms with Crippen LogP contribution in [0.2, 0.25) is 0 Å². The summed E-state index contributed by atoms with van der Waals surface area (Å²) in [6, 6.07) is 14.1. The van der Waals surface area contributed by atoms with Crippen LogP contribution in [0.4, 0.5) is 0 Å². The van der Waals surface area contributed by atoms with Gasteiger partial charge in [0.15, 0.2) is 0 Å². The SMILES string of the molecule is CCOc1ccccc1C=NC(C)c1ccc(Br)cc1Br. The van der Waals surface area contributed by atoms with Gasteiger partial charge in [0.1, 0.15) is 5.75 Å². The number of hydrogen-bond acceptors (Lipinski definition) is 2. The van der Waals surface area contributed by atoms with E-state index in [9.17, 15) is 0 Å². The minimum absolute atomic E-state index is 0.0714. The van der Waals surface area contributed by atoms with Crippen LogP contribution in [-0.2, 0) is 0 Å². The highest BCUT2D eigenvalue weighted by Crippen LogP contribution is 2.29. The summed E-state index contributed by atoms with van der Waals surface area (Å²) in [5.74, 6) is 0.867. The zero-order chi connectivity index (χ0) is 15.2. The highest BCUT2D eigenvalue weighted by atomic mass is 79.9. The number of ether oxygens (including phenoxy) is 1. The van der Waals surface area contributed by atoms with Crippen LogP contribution in [-0.4, -0.2) is 12.8 Å². The van der Waals surface area contributed by atoms with E-state index in [0.717, 1.165) is 25.8 Å². The zero-order valence-electron chi connectivity index (χ0n) is 12.0. The van der Waals surface area contributed by atoms with E-state index < -0.39 is 0 Å². The smallest absolute Gasteiger partial charge is 0.128 e. The summed E-state index contributed by atoms with van der Waals surface area (Å²) >= 11 is 7.05. The summed E-state index contributed by atoms with van der Waals surface area (Å²) in [4.78, 5) is 4.65. The Morgan fingerprint density at radius 2 is 1.95 bits per heavy atom. The second kappa shape index (κ2) is 7.76. The Morgan fingerprint density at radius 1 is 1.19 bits per heavy atom. The third-order valence-electron chi connectivity index (χ3n) is 3.07. The molecule has 2 rings (SSSR count). The van der Waals surface area contributed by atoms with Crippen molar-refractivity contribution in [2.45, 2.75) is 19.9 Å². The molecule has 1 unspecified atom stereocenters. The Labute approximate surface area is 142 Å². The molecule has 21 heavy (non-hydrogen) atoms. The predicted molar refractivity (Wildman–Crippen MR) is 95.5 cm³/mol. The summed E-state index contributed by atoms with van der Waals surface area (Å²) < 4.78 is 7.71. The van der Waals surface area contributed by atoms with Crippen molar-refractivity contribution >= 4 is 38.1 Å². The van der Waals surface area contributed by atoms with Gasteiger partial charge >= 0.3 is 0 Å². The third-order valence-corrected chi connectivity index (χ3v) is 4.25. The maximum Gasteiger partial charge on any atom is 0.128 e. The molecule has 0 aliphatic carbocycles. The molecule has 0 N–H and O–H groups in total. The van der Waals surface area contributed by atoms with Crippen molar-refractivity contribution in [1.29, 1.82) is 0 Å². The van der Waals surface area contributed by atoms with E-state index >= 15 is 0 Å². The first-order valence-corrected chi connectivity index (χ1v) is 8.40. The Balaban J connectivity index is 2.20. The number of hydrogen-bond donors (Lipinski definition) is 0. The fourth-order valence-electron chi connectivity index (χ4n) is 1.99.